The molecule has 0 amide bonds. The third-order valence-corrected chi connectivity index (χ3v) is 4.45. The predicted molar refractivity (Wildman–Crippen MR) is 107 cm³/mol. The lowest BCUT2D eigenvalue weighted by Gasteiger charge is -2.24. The van der Waals surface area contributed by atoms with E-state index in [0.29, 0.717) is 6.04 Å². The van der Waals surface area contributed by atoms with Gasteiger partial charge in [-0.15, -0.1) is 0 Å². The van der Waals surface area contributed by atoms with Crippen LogP contribution in [0.3, 0.4) is 0 Å². The Hall–Kier alpha value is -1.54. The van der Waals surface area contributed by atoms with Gasteiger partial charge in [-0.2, -0.15) is 0 Å². The van der Waals surface area contributed by atoms with E-state index in [4.69, 9.17) is 0 Å². The smallest absolute Gasteiger partial charge is 0.0328 e. The molecule has 1 saturated heterocycles. The van der Waals surface area contributed by atoms with E-state index in [-0.39, 0.29) is 0 Å². The summed E-state index contributed by atoms with van der Waals surface area (Å²) < 4.78 is 0. The lowest BCUT2D eigenvalue weighted by Crippen LogP contribution is -2.23. The van der Waals surface area contributed by atoms with E-state index in [9.17, 15) is 0 Å². The van der Waals surface area contributed by atoms with Gasteiger partial charge in [0.2, 0.25) is 0 Å². The Morgan fingerprint density at radius 3 is 2.00 bits per heavy atom. The number of dihydropyridines is 1. The summed E-state index contributed by atoms with van der Waals surface area (Å²) >= 11 is 0. The van der Waals surface area contributed by atoms with Crippen molar-refractivity contribution in [1.29, 1.82) is 0 Å². The summed E-state index contributed by atoms with van der Waals surface area (Å²) in [6.45, 7) is 12.3. The van der Waals surface area contributed by atoms with Crippen LogP contribution in [-0.4, -0.2) is 24.5 Å². The van der Waals surface area contributed by atoms with Crippen LogP contribution in [0.25, 0.3) is 0 Å². The van der Waals surface area contributed by atoms with Crippen molar-refractivity contribution in [3.63, 3.8) is 0 Å². The summed E-state index contributed by atoms with van der Waals surface area (Å²) in [5, 5.41) is 3.02. The molecule has 0 spiro atoms. The Labute approximate surface area is 149 Å². The Morgan fingerprint density at radius 2 is 1.62 bits per heavy atom. The van der Waals surface area contributed by atoms with Gasteiger partial charge < -0.3 is 5.32 Å². The average molecular weight is 329 g/mol. The Morgan fingerprint density at radius 1 is 1.00 bits per heavy atom. The number of likely N-dealkylation sites (tertiary alicyclic amines) is 1. The fourth-order valence-corrected chi connectivity index (χ4v) is 2.59. The van der Waals surface area contributed by atoms with Gasteiger partial charge in [-0.05, 0) is 57.6 Å². The van der Waals surface area contributed by atoms with Crippen LogP contribution in [0, 0.1) is 6.92 Å². The molecule has 2 nitrogen and oxygen atoms in total. The number of benzene rings is 1. The first-order chi connectivity index (χ1) is 11.7. The molecule has 2 heterocycles. The van der Waals surface area contributed by atoms with Crippen molar-refractivity contribution in [2.24, 2.45) is 0 Å². The molecule has 2 heteroatoms. The third-order valence-electron chi connectivity index (χ3n) is 4.45. The minimum atomic E-state index is 0.595. The molecule has 1 unspecified atom stereocenters. The highest BCUT2D eigenvalue weighted by Gasteiger charge is 2.18. The maximum absolute atomic E-state index is 3.02. The SMILES string of the molecule is C1=CCNC=C1.CCCC.Cc1ccc(C(C)N2CCCC2)cc1. The van der Waals surface area contributed by atoms with E-state index in [0.717, 1.165) is 6.54 Å². The molecule has 3 rings (SSSR count). The van der Waals surface area contributed by atoms with Crippen molar-refractivity contribution in [3.8, 4) is 0 Å². The molecule has 0 radical (unpaired) electrons. The number of hydrogen-bond acceptors (Lipinski definition) is 2. The molecule has 2 aliphatic heterocycles. The number of allylic oxidation sites excluding steroid dienone is 2. The zero-order valence-corrected chi connectivity index (χ0v) is 16.1. The second kappa shape index (κ2) is 12.8. The quantitative estimate of drug-likeness (QED) is 0.775. The van der Waals surface area contributed by atoms with E-state index in [1.165, 1.54) is 49.9 Å². The first kappa shape index (κ1) is 20.5. The fraction of sp³-hybridized carbons (Fsp3) is 0.545. The summed E-state index contributed by atoms with van der Waals surface area (Å²) in [7, 11) is 0. The van der Waals surface area contributed by atoms with E-state index in [2.05, 4.69) is 68.3 Å². The summed E-state index contributed by atoms with van der Waals surface area (Å²) in [4.78, 5) is 2.57. The number of unbranched alkanes of at least 4 members (excludes halogenated alkanes) is 1. The highest BCUT2D eigenvalue weighted by molar-refractivity contribution is 5.23. The molecular weight excluding hydrogens is 292 g/mol. The van der Waals surface area contributed by atoms with Gasteiger partial charge in [0.05, 0.1) is 0 Å². The second-order valence-electron chi connectivity index (χ2n) is 6.53. The van der Waals surface area contributed by atoms with Crippen LogP contribution in [0.2, 0.25) is 0 Å². The van der Waals surface area contributed by atoms with Gasteiger partial charge in [0.15, 0.2) is 0 Å². The van der Waals surface area contributed by atoms with Crippen LogP contribution in [0.15, 0.2) is 48.7 Å². The van der Waals surface area contributed by atoms with E-state index >= 15 is 0 Å². The second-order valence-corrected chi connectivity index (χ2v) is 6.53. The molecule has 2 aliphatic rings. The largest absolute Gasteiger partial charge is 0.387 e. The van der Waals surface area contributed by atoms with E-state index in [1.54, 1.807) is 0 Å². The molecule has 24 heavy (non-hydrogen) atoms. The van der Waals surface area contributed by atoms with Crippen LogP contribution < -0.4 is 5.32 Å². The van der Waals surface area contributed by atoms with Crippen molar-refractivity contribution in [3.05, 3.63) is 59.8 Å². The normalized spacial score (nSPS) is 17.2. The lowest BCUT2D eigenvalue weighted by molar-refractivity contribution is 0.263. The average Bonchev–Trinajstić information content (AvgIpc) is 3.19. The van der Waals surface area contributed by atoms with Crippen LogP contribution in [0.4, 0.5) is 0 Å². The van der Waals surface area contributed by atoms with Crippen molar-refractivity contribution in [2.75, 3.05) is 19.6 Å². The van der Waals surface area contributed by atoms with Gasteiger partial charge in [0.25, 0.3) is 0 Å². The molecule has 1 fully saturated rings. The van der Waals surface area contributed by atoms with Gasteiger partial charge in [0.1, 0.15) is 0 Å². The molecule has 1 atom stereocenters. The van der Waals surface area contributed by atoms with Crippen LogP contribution in [-0.2, 0) is 0 Å². The zero-order valence-electron chi connectivity index (χ0n) is 16.1. The molecule has 0 saturated carbocycles. The van der Waals surface area contributed by atoms with Crippen molar-refractivity contribution >= 4 is 0 Å². The number of rotatable bonds is 3. The van der Waals surface area contributed by atoms with Gasteiger partial charge in [0, 0.05) is 12.6 Å². The predicted octanol–water partition coefficient (Wildman–Crippen LogP) is 5.62. The van der Waals surface area contributed by atoms with E-state index in [1.807, 2.05) is 18.4 Å². The number of nitrogens with zero attached hydrogens (tertiary/aromatic N) is 1. The molecule has 1 N–H and O–H groups in total. The summed E-state index contributed by atoms with van der Waals surface area (Å²) in [5.74, 6) is 0. The first-order valence-corrected chi connectivity index (χ1v) is 9.54. The van der Waals surface area contributed by atoms with Gasteiger partial charge >= 0.3 is 0 Å². The first-order valence-electron chi connectivity index (χ1n) is 9.54. The molecule has 0 aliphatic carbocycles. The zero-order chi connectivity index (χ0) is 17.6. The van der Waals surface area contributed by atoms with Gasteiger partial charge in [-0.25, -0.2) is 0 Å². The summed E-state index contributed by atoms with van der Waals surface area (Å²) in [6, 6.07) is 9.54. The van der Waals surface area contributed by atoms with Gasteiger partial charge in [-0.1, -0.05) is 68.7 Å². The summed E-state index contributed by atoms with van der Waals surface area (Å²) in [6.07, 6.45) is 13.4. The number of aryl methyl sites for hydroxylation is 1. The maximum Gasteiger partial charge on any atom is 0.0328 e. The fourth-order valence-electron chi connectivity index (χ4n) is 2.59. The van der Waals surface area contributed by atoms with Crippen molar-refractivity contribution in [1.82, 2.24) is 10.2 Å². The molecule has 1 aromatic rings. The van der Waals surface area contributed by atoms with E-state index < -0.39 is 0 Å². The van der Waals surface area contributed by atoms with Crippen molar-refractivity contribution in [2.45, 2.75) is 59.4 Å². The third kappa shape index (κ3) is 8.35. The summed E-state index contributed by atoms with van der Waals surface area (Å²) in [5.41, 5.74) is 2.81. The topological polar surface area (TPSA) is 15.3 Å². The van der Waals surface area contributed by atoms with Gasteiger partial charge in [-0.3, -0.25) is 4.90 Å². The molecule has 1 aromatic carbocycles. The lowest BCUT2D eigenvalue weighted by atomic mass is 10.1. The highest BCUT2D eigenvalue weighted by atomic mass is 15.2. The Kier molecular flexibility index (Phi) is 11.0. The van der Waals surface area contributed by atoms with Crippen LogP contribution in [0.5, 0.6) is 0 Å². The monoisotopic (exact) mass is 328 g/mol. The maximum atomic E-state index is 3.02. The Bertz CT molecular complexity index is 453. The van der Waals surface area contributed by atoms with Crippen LogP contribution in [0.1, 0.15) is 63.6 Å². The molecule has 134 valence electrons. The highest BCUT2D eigenvalue weighted by Crippen LogP contribution is 2.24. The molecule has 0 bridgehead atoms. The van der Waals surface area contributed by atoms with Crippen LogP contribution >= 0.6 is 0 Å². The Balaban J connectivity index is 0.000000238. The number of nitrogens with one attached hydrogen (secondary N) is 1. The van der Waals surface area contributed by atoms with Crippen molar-refractivity contribution < 1.29 is 0 Å². The standard InChI is InChI=1S/C13H19N.C5H7N.C4H10/c1-11-5-7-13(8-6-11)12(2)14-9-3-4-10-14;1-2-4-6-5-3-1;1-3-4-2/h5-8,12H,3-4,9-10H2,1-2H3;1-4,6H,5H2;3-4H2,1-2H3. The molecular formula is C22H36N2. The number of hydrogen-bond donors (Lipinski definition) is 1. The minimum absolute atomic E-state index is 0.595. The minimum Gasteiger partial charge on any atom is -0.387 e. The molecule has 0 aromatic heterocycles.